The number of fused-ring (bicyclic) bond motifs is 2. The van der Waals surface area contributed by atoms with Crippen molar-refractivity contribution in [1.82, 2.24) is 4.90 Å². The van der Waals surface area contributed by atoms with Gasteiger partial charge in [0.15, 0.2) is 5.78 Å². The van der Waals surface area contributed by atoms with Crippen LogP contribution in [0.1, 0.15) is 30.4 Å². The van der Waals surface area contributed by atoms with E-state index in [0.717, 1.165) is 36.1 Å². The van der Waals surface area contributed by atoms with Crippen molar-refractivity contribution in [3.05, 3.63) is 70.3 Å². The van der Waals surface area contributed by atoms with Crippen LogP contribution in [0.4, 0.5) is 0 Å². The normalized spacial score (nSPS) is 27.7. The summed E-state index contributed by atoms with van der Waals surface area (Å²) in [6.07, 6.45) is 4.31. The summed E-state index contributed by atoms with van der Waals surface area (Å²) >= 11 is 6.10. The number of benzene rings is 2. The Balaban J connectivity index is 1.73. The van der Waals surface area contributed by atoms with Gasteiger partial charge >= 0.3 is 0 Å². The second-order valence-corrected chi connectivity index (χ2v) is 7.97. The third-order valence-corrected chi connectivity index (χ3v) is 6.10. The number of hydrogen-bond donors (Lipinski definition) is 1. The number of piperidine rings is 1. The molecule has 4 heteroatoms. The number of rotatable bonds is 2. The Hall–Kier alpha value is -2.10. The maximum atomic E-state index is 13.1. The van der Waals surface area contributed by atoms with Crippen LogP contribution >= 0.6 is 11.6 Å². The molecule has 2 aliphatic rings. The standard InChI is InChI=1S/C22H22ClNO2/c1-24-9-8-22(16-5-3-7-18(25)12-16)13-20(24)19(21(26)14-22)11-15-4-2-6-17(23)10-15/h2-7,10-12,20,25H,8-9,13-14H2,1H3/b19-11+. The topological polar surface area (TPSA) is 40.5 Å². The maximum absolute atomic E-state index is 13.1. The molecule has 2 unspecified atom stereocenters. The van der Waals surface area contributed by atoms with E-state index < -0.39 is 0 Å². The highest BCUT2D eigenvalue weighted by Crippen LogP contribution is 2.47. The van der Waals surface area contributed by atoms with E-state index in [2.05, 4.69) is 11.9 Å². The molecule has 1 N–H and O–H groups in total. The van der Waals surface area contributed by atoms with Crippen molar-refractivity contribution in [2.45, 2.75) is 30.7 Å². The second kappa shape index (κ2) is 6.57. The van der Waals surface area contributed by atoms with Gasteiger partial charge in [-0.1, -0.05) is 35.9 Å². The van der Waals surface area contributed by atoms with Crippen LogP contribution in [0.25, 0.3) is 6.08 Å². The Morgan fingerprint density at radius 1 is 1.23 bits per heavy atom. The van der Waals surface area contributed by atoms with Crippen molar-refractivity contribution >= 4 is 23.5 Å². The summed E-state index contributed by atoms with van der Waals surface area (Å²) in [5.74, 6) is 0.455. The fourth-order valence-electron chi connectivity index (χ4n) is 4.43. The van der Waals surface area contributed by atoms with Crippen LogP contribution in [0.2, 0.25) is 5.02 Å². The van der Waals surface area contributed by atoms with Gasteiger partial charge in [-0.15, -0.1) is 0 Å². The van der Waals surface area contributed by atoms with Gasteiger partial charge in [-0.3, -0.25) is 9.69 Å². The zero-order valence-electron chi connectivity index (χ0n) is 14.8. The van der Waals surface area contributed by atoms with Gasteiger partial charge in [-0.2, -0.15) is 0 Å². The fraction of sp³-hybridized carbons (Fsp3) is 0.318. The van der Waals surface area contributed by atoms with Gasteiger partial charge in [0.2, 0.25) is 0 Å². The van der Waals surface area contributed by atoms with Crippen LogP contribution in [0.15, 0.2) is 54.1 Å². The first-order valence-electron chi connectivity index (χ1n) is 8.97. The van der Waals surface area contributed by atoms with Crippen molar-refractivity contribution in [3.8, 4) is 5.75 Å². The number of carbonyl (C=O) groups excluding carboxylic acids is 1. The van der Waals surface area contributed by atoms with Crippen LogP contribution in [0.5, 0.6) is 5.75 Å². The number of likely N-dealkylation sites (tertiary alicyclic amines) is 1. The minimum atomic E-state index is -0.182. The molecule has 2 aromatic carbocycles. The zero-order valence-corrected chi connectivity index (χ0v) is 15.5. The smallest absolute Gasteiger partial charge is 0.161 e. The van der Waals surface area contributed by atoms with E-state index in [-0.39, 0.29) is 23.0 Å². The lowest BCUT2D eigenvalue weighted by molar-refractivity contribution is -0.120. The van der Waals surface area contributed by atoms with Crippen molar-refractivity contribution in [1.29, 1.82) is 0 Å². The van der Waals surface area contributed by atoms with Crippen molar-refractivity contribution in [2.24, 2.45) is 0 Å². The summed E-state index contributed by atoms with van der Waals surface area (Å²) in [7, 11) is 2.08. The second-order valence-electron chi connectivity index (χ2n) is 7.54. The summed E-state index contributed by atoms with van der Waals surface area (Å²) in [6.45, 7) is 0.931. The summed E-state index contributed by atoms with van der Waals surface area (Å²) in [6, 6.07) is 15.1. The lowest BCUT2D eigenvalue weighted by Crippen LogP contribution is -2.53. The molecule has 4 rings (SSSR count). The Bertz CT molecular complexity index is 891. The molecule has 26 heavy (non-hydrogen) atoms. The third-order valence-electron chi connectivity index (χ3n) is 5.87. The third kappa shape index (κ3) is 3.06. The number of phenolic OH excluding ortho intramolecular Hbond substituents is 1. The molecule has 2 aromatic rings. The lowest BCUT2D eigenvalue weighted by Gasteiger charge is -2.50. The van der Waals surface area contributed by atoms with Gasteiger partial charge in [0.1, 0.15) is 5.75 Å². The number of halogens is 1. The van der Waals surface area contributed by atoms with Crippen LogP contribution in [0, 0.1) is 0 Å². The predicted molar refractivity (Wildman–Crippen MR) is 104 cm³/mol. The molecule has 1 heterocycles. The molecule has 1 aliphatic heterocycles. The number of nitrogens with zero attached hydrogens (tertiary/aromatic N) is 1. The minimum Gasteiger partial charge on any atom is -0.508 e. The van der Waals surface area contributed by atoms with Crippen LogP contribution < -0.4 is 0 Å². The highest BCUT2D eigenvalue weighted by molar-refractivity contribution is 6.30. The molecule has 2 atom stereocenters. The summed E-state index contributed by atoms with van der Waals surface area (Å²) < 4.78 is 0. The number of likely N-dealkylation sites (N-methyl/N-ethyl adjacent to an activating group) is 1. The quantitative estimate of drug-likeness (QED) is 0.798. The number of carbonyl (C=O) groups is 1. The molecule has 134 valence electrons. The van der Waals surface area contributed by atoms with E-state index in [9.17, 15) is 9.90 Å². The Kier molecular flexibility index (Phi) is 4.37. The van der Waals surface area contributed by atoms with Crippen molar-refractivity contribution in [3.63, 3.8) is 0 Å². The van der Waals surface area contributed by atoms with Crippen LogP contribution in [-0.2, 0) is 10.2 Å². The van der Waals surface area contributed by atoms with Gasteiger partial charge in [-0.05, 0) is 67.9 Å². The molecule has 0 spiro atoms. The predicted octanol–water partition coefficient (Wildman–Crippen LogP) is 4.43. The molecule has 0 radical (unpaired) electrons. The highest BCUT2D eigenvalue weighted by atomic mass is 35.5. The van der Waals surface area contributed by atoms with E-state index in [4.69, 9.17) is 11.6 Å². The molecule has 0 amide bonds. The van der Waals surface area contributed by atoms with E-state index >= 15 is 0 Å². The number of Topliss-reactive ketones (excluding diaryl/α,β-unsaturated/α-hetero) is 1. The Morgan fingerprint density at radius 3 is 2.81 bits per heavy atom. The molecule has 1 saturated carbocycles. The van der Waals surface area contributed by atoms with Gasteiger partial charge in [-0.25, -0.2) is 0 Å². The van der Waals surface area contributed by atoms with E-state index in [1.54, 1.807) is 6.07 Å². The number of hydrogen-bond acceptors (Lipinski definition) is 3. The Morgan fingerprint density at radius 2 is 2.04 bits per heavy atom. The van der Waals surface area contributed by atoms with Gasteiger partial charge in [0.25, 0.3) is 0 Å². The first-order valence-corrected chi connectivity index (χ1v) is 9.35. The van der Waals surface area contributed by atoms with Gasteiger partial charge in [0, 0.05) is 28.5 Å². The zero-order chi connectivity index (χ0) is 18.3. The lowest BCUT2D eigenvalue weighted by atomic mass is 9.61. The van der Waals surface area contributed by atoms with E-state index in [1.807, 2.05) is 48.5 Å². The van der Waals surface area contributed by atoms with Crippen molar-refractivity contribution < 1.29 is 9.90 Å². The molecule has 1 aliphatic carbocycles. The number of aromatic hydroxyl groups is 1. The number of ketones is 1. The SMILES string of the molecule is CN1CCC2(c3cccc(O)c3)CC(=O)/C(=C/c3cccc(Cl)c3)C1C2. The molecule has 2 fully saturated rings. The average Bonchev–Trinajstić information content (AvgIpc) is 2.61. The Labute approximate surface area is 158 Å². The van der Waals surface area contributed by atoms with E-state index in [0.29, 0.717) is 11.4 Å². The summed E-state index contributed by atoms with van der Waals surface area (Å²) in [5, 5.41) is 10.6. The minimum absolute atomic E-state index is 0.0892. The molecule has 1 saturated heterocycles. The molecule has 3 nitrogen and oxygen atoms in total. The average molecular weight is 368 g/mol. The molecular weight excluding hydrogens is 346 g/mol. The summed E-state index contributed by atoms with van der Waals surface area (Å²) in [4.78, 5) is 15.4. The number of phenols is 1. The monoisotopic (exact) mass is 367 g/mol. The van der Waals surface area contributed by atoms with E-state index in [1.165, 1.54) is 0 Å². The van der Waals surface area contributed by atoms with Crippen LogP contribution in [0.3, 0.4) is 0 Å². The molecule has 2 bridgehead atoms. The highest BCUT2D eigenvalue weighted by Gasteiger charge is 2.48. The first kappa shape index (κ1) is 17.3. The van der Waals surface area contributed by atoms with Crippen molar-refractivity contribution in [2.75, 3.05) is 13.6 Å². The fourth-order valence-corrected chi connectivity index (χ4v) is 4.63. The maximum Gasteiger partial charge on any atom is 0.161 e. The molecule has 0 aromatic heterocycles. The van der Waals surface area contributed by atoms with Gasteiger partial charge < -0.3 is 5.11 Å². The molecular formula is C22H22ClNO2. The summed E-state index contributed by atoms with van der Waals surface area (Å²) in [5.41, 5.74) is 2.72. The van der Waals surface area contributed by atoms with Gasteiger partial charge in [0.05, 0.1) is 0 Å². The van der Waals surface area contributed by atoms with Crippen LogP contribution in [-0.4, -0.2) is 35.4 Å². The first-order chi connectivity index (χ1) is 12.5. The largest absolute Gasteiger partial charge is 0.508 e.